The summed E-state index contributed by atoms with van der Waals surface area (Å²) in [7, 11) is 0. The number of carbonyl (C=O) groups is 2. The Bertz CT molecular complexity index is 2660. The molecule has 8 aromatic rings. The van der Waals surface area contributed by atoms with Gasteiger partial charge in [0.05, 0.1) is 51.2 Å². The zero-order valence-corrected chi connectivity index (χ0v) is 28.7. The Morgan fingerprint density at radius 3 is 1.53 bits per heavy atom. The number of anilines is 1. The van der Waals surface area contributed by atoms with Crippen molar-refractivity contribution in [2.75, 3.05) is 4.90 Å². The quantitative estimate of drug-likeness (QED) is 0.156. The van der Waals surface area contributed by atoms with E-state index in [4.69, 9.17) is 0 Å². The van der Waals surface area contributed by atoms with E-state index in [2.05, 4.69) is 12.1 Å². The van der Waals surface area contributed by atoms with Crippen LogP contribution in [0.1, 0.15) is 27.0 Å². The van der Waals surface area contributed by atoms with Crippen LogP contribution in [0, 0.1) is 29.6 Å². The van der Waals surface area contributed by atoms with Gasteiger partial charge in [0.1, 0.15) is 0 Å². The third-order valence-electron chi connectivity index (χ3n) is 9.71. The normalized spacial score (nSPS) is 10.8. The van der Waals surface area contributed by atoms with Crippen molar-refractivity contribution in [2.24, 2.45) is 0 Å². The van der Waals surface area contributed by atoms with Gasteiger partial charge in [-0.15, -0.1) is 0 Å². The van der Waals surface area contributed by atoms with Crippen molar-refractivity contribution >= 4 is 39.8 Å². The highest BCUT2D eigenvalue weighted by molar-refractivity contribution is 6.22. The van der Waals surface area contributed by atoms with Crippen molar-refractivity contribution in [1.29, 1.82) is 10.5 Å². The molecule has 0 spiro atoms. The molecule has 1 aromatic heterocycles. The first kappa shape index (κ1) is 32.7. The summed E-state index contributed by atoms with van der Waals surface area (Å²) in [4.78, 5) is 30.1. The number of benzene rings is 7. The predicted molar refractivity (Wildman–Crippen MR) is 211 cm³/mol. The second-order valence-electron chi connectivity index (χ2n) is 12.7. The van der Waals surface area contributed by atoms with Crippen molar-refractivity contribution in [3.05, 3.63) is 180 Å². The molecule has 0 radical (unpaired) electrons. The Balaban J connectivity index is 1.43. The van der Waals surface area contributed by atoms with E-state index < -0.39 is 5.91 Å². The molecule has 6 nitrogen and oxygen atoms in total. The first-order valence-electron chi connectivity index (χ1n) is 17.1. The smallest absolute Gasteiger partial charge is 0.267 e. The average molecular weight is 683 g/mol. The van der Waals surface area contributed by atoms with Crippen LogP contribution in [0.25, 0.3) is 60.9 Å². The van der Waals surface area contributed by atoms with Crippen LogP contribution in [0.4, 0.5) is 5.69 Å². The SMILES string of the molecule is Cc1cccc(-n2c3cccc(C#N)c3c3c(C#N)cccc32)c1C(=O)N(C=O)c1c(-c2ccccc2)cc(-c2ccccc2)cc1-c1ccccc1. The van der Waals surface area contributed by atoms with Gasteiger partial charge in [0.15, 0.2) is 0 Å². The van der Waals surface area contributed by atoms with Gasteiger partial charge in [-0.25, -0.2) is 4.90 Å². The number of hydrogen-bond donors (Lipinski definition) is 0. The molecule has 0 aliphatic rings. The summed E-state index contributed by atoms with van der Waals surface area (Å²) in [5.74, 6) is -0.516. The highest BCUT2D eigenvalue weighted by atomic mass is 16.2. The molecule has 0 unspecified atom stereocenters. The monoisotopic (exact) mass is 682 g/mol. The lowest BCUT2D eigenvalue weighted by molar-refractivity contribution is -0.106. The number of fused-ring (bicyclic) bond motifs is 3. The molecule has 0 atom stereocenters. The number of amides is 2. The largest absolute Gasteiger partial charge is 0.308 e. The highest BCUT2D eigenvalue weighted by Gasteiger charge is 2.30. The lowest BCUT2D eigenvalue weighted by Gasteiger charge is -2.26. The molecule has 0 aliphatic carbocycles. The Kier molecular flexibility index (Phi) is 8.40. The number of nitrogens with zero attached hydrogens (tertiary/aromatic N) is 4. The molecule has 6 heteroatoms. The van der Waals surface area contributed by atoms with Gasteiger partial charge in [0.2, 0.25) is 6.41 Å². The first-order chi connectivity index (χ1) is 26.0. The number of carbonyl (C=O) groups excluding carboxylic acids is 2. The predicted octanol–water partition coefficient (Wildman–Crippen LogP) is 10.6. The molecule has 0 fully saturated rings. The number of imide groups is 1. The Morgan fingerprint density at radius 2 is 1.06 bits per heavy atom. The Hall–Kier alpha value is -7.54. The van der Waals surface area contributed by atoms with Gasteiger partial charge in [-0.05, 0) is 77.2 Å². The Morgan fingerprint density at radius 1 is 0.585 bits per heavy atom. The van der Waals surface area contributed by atoms with Crippen molar-refractivity contribution in [3.63, 3.8) is 0 Å². The summed E-state index contributed by atoms with van der Waals surface area (Å²) in [6, 6.07) is 54.6. The summed E-state index contributed by atoms with van der Waals surface area (Å²) in [5.41, 5.74) is 9.19. The lowest BCUT2D eigenvalue weighted by Crippen LogP contribution is -2.32. The van der Waals surface area contributed by atoms with E-state index in [0.717, 1.165) is 33.4 Å². The second-order valence-corrected chi connectivity index (χ2v) is 12.7. The molecule has 8 rings (SSSR count). The third kappa shape index (κ3) is 5.52. The number of aryl methyl sites for hydroxylation is 1. The fourth-order valence-corrected chi connectivity index (χ4v) is 7.36. The minimum Gasteiger partial charge on any atom is -0.308 e. The van der Waals surface area contributed by atoms with Gasteiger partial charge >= 0.3 is 0 Å². The van der Waals surface area contributed by atoms with Crippen LogP contribution < -0.4 is 4.90 Å². The molecule has 0 aliphatic heterocycles. The molecule has 250 valence electrons. The fraction of sp³-hybridized carbons (Fsp3) is 0.0213. The van der Waals surface area contributed by atoms with Crippen molar-refractivity contribution in [3.8, 4) is 51.2 Å². The van der Waals surface area contributed by atoms with E-state index in [1.807, 2.05) is 145 Å². The summed E-state index contributed by atoms with van der Waals surface area (Å²) < 4.78 is 1.92. The van der Waals surface area contributed by atoms with Gasteiger partial charge < -0.3 is 4.57 Å². The first-order valence-corrected chi connectivity index (χ1v) is 17.1. The number of rotatable bonds is 7. The molecule has 2 amide bonds. The maximum absolute atomic E-state index is 15.3. The molecule has 0 saturated carbocycles. The maximum Gasteiger partial charge on any atom is 0.267 e. The van der Waals surface area contributed by atoms with Gasteiger partial charge in [0.25, 0.3) is 5.91 Å². The van der Waals surface area contributed by atoms with Crippen LogP contribution in [0.2, 0.25) is 0 Å². The summed E-state index contributed by atoms with van der Waals surface area (Å²) >= 11 is 0. The van der Waals surface area contributed by atoms with Crippen LogP contribution in [0.5, 0.6) is 0 Å². The summed E-state index contributed by atoms with van der Waals surface area (Å²) in [5, 5.41) is 21.5. The van der Waals surface area contributed by atoms with E-state index in [1.54, 1.807) is 24.3 Å². The molecule has 0 saturated heterocycles. The standard InChI is InChI=1S/C47H30N4O2/c1-31-14-11-23-40(51-41-24-12-21-35(28-48)44(41)45-36(29-49)22-13-25-42(45)51)43(31)47(53)50(30-52)46-38(33-17-7-3-8-18-33)26-37(32-15-5-2-6-16-32)27-39(46)34-19-9-4-10-20-34/h2-27,30H,1H3. The summed E-state index contributed by atoms with van der Waals surface area (Å²) in [6.07, 6.45) is 0.600. The van der Waals surface area contributed by atoms with Gasteiger partial charge in [0, 0.05) is 21.9 Å². The number of nitriles is 2. The van der Waals surface area contributed by atoms with Crippen LogP contribution in [-0.2, 0) is 4.79 Å². The van der Waals surface area contributed by atoms with Crippen LogP contribution >= 0.6 is 0 Å². The Labute approximate surface area is 306 Å². The van der Waals surface area contributed by atoms with E-state index in [0.29, 0.717) is 61.8 Å². The van der Waals surface area contributed by atoms with E-state index in [1.165, 1.54) is 4.90 Å². The molecule has 7 aromatic carbocycles. The van der Waals surface area contributed by atoms with Gasteiger partial charge in [-0.3, -0.25) is 9.59 Å². The van der Waals surface area contributed by atoms with Crippen molar-refractivity contribution in [1.82, 2.24) is 4.57 Å². The zero-order valence-electron chi connectivity index (χ0n) is 28.7. The van der Waals surface area contributed by atoms with E-state index in [-0.39, 0.29) is 0 Å². The number of hydrogen-bond acceptors (Lipinski definition) is 4. The lowest BCUT2D eigenvalue weighted by atomic mass is 9.90. The molecular formula is C47H30N4O2. The topological polar surface area (TPSA) is 89.9 Å². The average Bonchev–Trinajstić information content (AvgIpc) is 3.56. The van der Waals surface area contributed by atoms with Gasteiger partial charge in [-0.2, -0.15) is 10.5 Å². The van der Waals surface area contributed by atoms with Gasteiger partial charge in [-0.1, -0.05) is 115 Å². The summed E-state index contributed by atoms with van der Waals surface area (Å²) in [6.45, 7) is 1.85. The van der Waals surface area contributed by atoms with Crippen molar-refractivity contribution in [2.45, 2.75) is 6.92 Å². The minimum absolute atomic E-state index is 0.313. The molecule has 1 heterocycles. The molecular weight excluding hydrogens is 653 g/mol. The van der Waals surface area contributed by atoms with Crippen LogP contribution in [-0.4, -0.2) is 16.9 Å². The molecule has 0 bridgehead atoms. The molecule has 0 N–H and O–H groups in total. The van der Waals surface area contributed by atoms with Crippen LogP contribution in [0.3, 0.4) is 0 Å². The minimum atomic E-state index is -0.516. The third-order valence-corrected chi connectivity index (χ3v) is 9.71. The molecule has 53 heavy (non-hydrogen) atoms. The van der Waals surface area contributed by atoms with Crippen LogP contribution in [0.15, 0.2) is 158 Å². The highest BCUT2D eigenvalue weighted by Crippen LogP contribution is 2.44. The van der Waals surface area contributed by atoms with Crippen molar-refractivity contribution < 1.29 is 9.59 Å². The van der Waals surface area contributed by atoms with E-state index >= 15 is 4.79 Å². The number of aromatic nitrogens is 1. The second kappa shape index (κ2) is 13.6. The maximum atomic E-state index is 15.3. The zero-order chi connectivity index (χ0) is 36.5. The van der Waals surface area contributed by atoms with E-state index in [9.17, 15) is 15.3 Å². The fourth-order valence-electron chi connectivity index (χ4n) is 7.36.